The molecule has 3 rings (SSSR count). The Balaban J connectivity index is 0.00000176. The molecule has 1 aliphatic rings. The number of carbonyl (C=O) groups is 1. The van der Waals surface area contributed by atoms with E-state index in [1.807, 2.05) is 30.3 Å². The van der Waals surface area contributed by atoms with Crippen molar-refractivity contribution in [2.24, 2.45) is 5.92 Å². The maximum atomic E-state index is 12.1. The number of rotatable bonds is 3. The monoisotopic (exact) mass is 318 g/mol. The highest BCUT2D eigenvalue weighted by atomic mass is 35.5. The lowest BCUT2D eigenvalue weighted by Gasteiger charge is -2.21. The predicted molar refractivity (Wildman–Crippen MR) is 88.9 cm³/mol. The zero-order chi connectivity index (χ0) is 14.5. The highest BCUT2D eigenvalue weighted by Gasteiger charge is 2.20. The lowest BCUT2D eigenvalue weighted by Crippen LogP contribution is -2.34. The van der Waals surface area contributed by atoms with Crippen LogP contribution < -0.4 is 10.6 Å². The molecule has 0 unspecified atom stereocenters. The Hall–Kier alpha value is -1.98. The number of aromatic nitrogens is 2. The van der Waals surface area contributed by atoms with Gasteiger partial charge in [0.05, 0.1) is 18.1 Å². The fourth-order valence-electron chi connectivity index (χ4n) is 2.46. The molecular weight excluding hydrogens is 300 g/mol. The van der Waals surface area contributed by atoms with Gasteiger partial charge >= 0.3 is 0 Å². The highest BCUT2D eigenvalue weighted by molar-refractivity contribution is 5.92. The van der Waals surface area contributed by atoms with E-state index in [1.54, 1.807) is 12.4 Å². The molecule has 5 nitrogen and oxygen atoms in total. The van der Waals surface area contributed by atoms with Gasteiger partial charge in [0.15, 0.2) is 5.82 Å². The summed E-state index contributed by atoms with van der Waals surface area (Å²) < 4.78 is 0. The Labute approximate surface area is 136 Å². The molecule has 2 heterocycles. The van der Waals surface area contributed by atoms with Gasteiger partial charge in [-0.2, -0.15) is 0 Å². The van der Waals surface area contributed by atoms with Crippen LogP contribution in [0.15, 0.2) is 42.7 Å². The maximum absolute atomic E-state index is 12.1. The van der Waals surface area contributed by atoms with Crippen LogP contribution in [0.5, 0.6) is 0 Å². The molecule has 2 N–H and O–H groups in total. The molecule has 1 aromatic heterocycles. The van der Waals surface area contributed by atoms with Gasteiger partial charge in [-0.1, -0.05) is 30.3 Å². The Kier molecular flexibility index (Phi) is 5.86. The van der Waals surface area contributed by atoms with E-state index in [2.05, 4.69) is 20.6 Å². The molecule has 0 aliphatic carbocycles. The number of piperidine rings is 1. The van der Waals surface area contributed by atoms with Crippen molar-refractivity contribution in [2.45, 2.75) is 12.8 Å². The Morgan fingerprint density at radius 1 is 1.09 bits per heavy atom. The minimum atomic E-state index is 0. The van der Waals surface area contributed by atoms with E-state index in [1.165, 1.54) is 0 Å². The number of amides is 1. The first-order chi connectivity index (χ1) is 10.3. The molecule has 1 amide bonds. The Morgan fingerprint density at radius 2 is 1.73 bits per heavy atom. The second-order valence-corrected chi connectivity index (χ2v) is 5.17. The third-order valence-electron chi connectivity index (χ3n) is 3.66. The Bertz CT molecular complexity index is 597. The predicted octanol–water partition coefficient (Wildman–Crippen LogP) is 2.50. The number of halogens is 1. The zero-order valence-corrected chi connectivity index (χ0v) is 13.0. The smallest absolute Gasteiger partial charge is 0.227 e. The van der Waals surface area contributed by atoms with Gasteiger partial charge in [-0.3, -0.25) is 4.79 Å². The summed E-state index contributed by atoms with van der Waals surface area (Å²) in [6.07, 6.45) is 5.09. The van der Waals surface area contributed by atoms with Crippen LogP contribution in [0.3, 0.4) is 0 Å². The van der Waals surface area contributed by atoms with Crippen LogP contribution in [0.25, 0.3) is 11.4 Å². The number of hydrogen-bond acceptors (Lipinski definition) is 4. The zero-order valence-electron chi connectivity index (χ0n) is 12.2. The number of anilines is 1. The van der Waals surface area contributed by atoms with E-state index in [0.29, 0.717) is 11.5 Å². The van der Waals surface area contributed by atoms with Crippen molar-refractivity contribution in [3.8, 4) is 11.4 Å². The van der Waals surface area contributed by atoms with Crippen LogP contribution in [0.2, 0.25) is 0 Å². The van der Waals surface area contributed by atoms with Crippen molar-refractivity contribution < 1.29 is 4.79 Å². The lowest BCUT2D eigenvalue weighted by atomic mass is 9.97. The summed E-state index contributed by atoms with van der Waals surface area (Å²) >= 11 is 0. The summed E-state index contributed by atoms with van der Waals surface area (Å²) in [5, 5.41) is 6.15. The number of nitrogens with one attached hydrogen (secondary N) is 2. The van der Waals surface area contributed by atoms with Crippen LogP contribution in [-0.2, 0) is 4.79 Å². The number of carbonyl (C=O) groups excluding carboxylic acids is 1. The second-order valence-electron chi connectivity index (χ2n) is 5.17. The van der Waals surface area contributed by atoms with Gasteiger partial charge in [-0.25, -0.2) is 9.97 Å². The van der Waals surface area contributed by atoms with Crippen LogP contribution >= 0.6 is 12.4 Å². The normalized spacial score (nSPS) is 14.9. The van der Waals surface area contributed by atoms with Crippen LogP contribution in [0, 0.1) is 5.92 Å². The third-order valence-corrected chi connectivity index (χ3v) is 3.66. The van der Waals surface area contributed by atoms with E-state index in [-0.39, 0.29) is 24.2 Å². The van der Waals surface area contributed by atoms with Crippen molar-refractivity contribution >= 4 is 24.0 Å². The molecule has 6 heteroatoms. The summed E-state index contributed by atoms with van der Waals surface area (Å²) in [5.41, 5.74) is 1.62. The lowest BCUT2D eigenvalue weighted by molar-refractivity contribution is -0.120. The van der Waals surface area contributed by atoms with Gasteiger partial charge < -0.3 is 10.6 Å². The van der Waals surface area contributed by atoms with Crippen molar-refractivity contribution in [3.05, 3.63) is 42.7 Å². The van der Waals surface area contributed by atoms with Crippen LogP contribution in [0.1, 0.15) is 12.8 Å². The van der Waals surface area contributed by atoms with E-state index in [4.69, 9.17) is 0 Å². The molecule has 0 atom stereocenters. The molecule has 0 radical (unpaired) electrons. The molecule has 1 saturated heterocycles. The van der Waals surface area contributed by atoms with Crippen LogP contribution in [-0.4, -0.2) is 29.0 Å². The molecular formula is C16H19ClN4O. The summed E-state index contributed by atoms with van der Waals surface area (Å²) in [6, 6.07) is 9.78. The molecule has 1 aliphatic heterocycles. The molecule has 1 aromatic carbocycles. The van der Waals surface area contributed by atoms with Crippen LogP contribution in [0.4, 0.5) is 5.69 Å². The van der Waals surface area contributed by atoms with Gasteiger partial charge in [0.25, 0.3) is 0 Å². The molecule has 22 heavy (non-hydrogen) atoms. The molecule has 0 saturated carbocycles. The van der Waals surface area contributed by atoms with Gasteiger partial charge in [-0.05, 0) is 25.9 Å². The summed E-state index contributed by atoms with van der Waals surface area (Å²) in [6.45, 7) is 1.81. The first kappa shape index (κ1) is 16.4. The van der Waals surface area contributed by atoms with Crippen molar-refractivity contribution in [1.82, 2.24) is 15.3 Å². The fraction of sp³-hybridized carbons (Fsp3) is 0.312. The van der Waals surface area contributed by atoms with Gasteiger partial charge in [0.2, 0.25) is 5.91 Å². The minimum Gasteiger partial charge on any atom is -0.323 e. The summed E-state index contributed by atoms with van der Waals surface area (Å²) in [4.78, 5) is 20.7. The Morgan fingerprint density at radius 3 is 2.36 bits per heavy atom. The number of benzene rings is 1. The standard InChI is InChI=1S/C16H18N4O.ClH/c21-16(13-6-8-17-9-7-13)20-14-10-18-15(19-11-14)12-4-2-1-3-5-12;/h1-5,10-11,13,17H,6-9H2,(H,20,21);1H. The topological polar surface area (TPSA) is 66.9 Å². The number of nitrogens with zero attached hydrogens (tertiary/aromatic N) is 2. The van der Waals surface area contributed by atoms with Gasteiger partial charge in [0.1, 0.15) is 0 Å². The molecule has 2 aromatic rings. The first-order valence-corrected chi connectivity index (χ1v) is 7.22. The highest BCUT2D eigenvalue weighted by Crippen LogP contribution is 2.17. The SMILES string of the molecule is Cl.O=C(Nc1cnc(-c2ccccc2)nc1)C1CCNCC1. The van der Waals surface area contributed by atoms with Crippen molar-refractivity contribution in [3.63, 3.8) is 0 Å². The summed E-state index contributed by atoms with van der Waals surface area (Å²) in [5.74, 6) is 0.808. The maximum Gasteiger partial charge on any atom is 0.227 e. The van der Waals surface area contributed by atoms with E-state index in [0.717, 1.165) is 31.5 Å². The number of hydrogen-bond donors (Lipinski definition) is 2. The second kappa shape index (κ2) is 7.87. The minimum absolute atomic E-state index is 0. The largest absolute Gasteiger partial charge is 0.323 e. The van der Waals surface area contributed by atoms with Crippen molar-refractivity contribution in [2.75, 3.05) is 18.4 Å². The molecule has 0 spiro atoms. The van der Waals surface area contributed by atoms with Crippen molar-refractivity contribution in [1.29, 1.82) is 0 Å². The summed E-state index contributed by atoms with van der Waals surface area (Å²) in [7, 11) is 0. The molecule has 1 fully saturated rings. The average Bonchev–Trinajstić information content (AvgIpc) is 2.57. The van der Waals surface area contributed by atoms with Gasteiger partial charge in [0, 0.05) is 11.5 Å². The third kappa shape index (κ3) is 4.02. The average molecular weight is 319 g/mol. The van der Waals surface area contributed by atoms with Gasteiger partial charge in [-0.15, -0.1) is 12.4 Å². The van der Waals surface area contributed by atoms with E-state index < -0.39 is 0 Å². The first-order valence-electron chi connectivity index (χ1n) is 7.22. The van der Waals surface area contributed by atoms with E-state index >= 15 is 0 Å². The fourth-order valence-corrected chi connectivity index (χ4v) is 2.46. The quantitative estimate of drug-likeness (QED) is 0.912. The molecule has 116 valence electrons. The van der Waals surface area contributed by atoms with E-state index in [9.17, 15) is 4.79 Å². The molecule has 0 bridgehead atoms.